The smallest absolute Gasteiger partial charge is 0.195 e. The summed E-state index contributed by atoms with van der Waals surface area (Å²) in [6, 6.07) is 1.15. The average Bonchev–Trinajstić information content (AvgIpc) is 2.19. The van der Waals surface area contributed by atoms with Crippen LogP contribution in [0.1, 0.15) is 15.9 Å². The summed E-state index contributed by atoms with van der Waals surface area (Å²) in [5.74, 6) is -3.23. The van der Waals surface area contributed by atoms with Crippen molar-refractivity contribution in [1.29, 1.82) is 0 Å². The topological polar surface area (TPSA) is 83.6 Å². The Labute approximate surface area is 79.8 Å². The zero-order chi connectivity index (χ0) is 10.9. The van der Waals surface area contributed by atoms with E-state index in [1.807, 2.05) is 0 Å². The number of hydrogen-bond donors (Lipinski definition) is 3. The van der Waals surface area contributed by atoms with Gasteiger partial charge in [0.05, 0.1) is 12.1 Å². The van der Waals surface area contributed by atoms with Gasteiger partial charge in [-0.1, -0.05) is 0 Å². The fraction of sp³-hybridized carbons (Fsp3) is 0.222. The van der Waals surface area contributed by atoms with Gasteiger partial charge in [0.2, 0.25) is 0 Å². The Bertz CT molecular complexity index is 390. The van der Waals surface area contributed by atoms with Crippen LogP contribution in [0.2, 0.25) is 0 Å². The Morgan fingerprint density at radius 2 is 2.07 bits per heavy atom. The lowest BCUT2D eigenvalue weighted by Crippen LogP contribution is -2.15. The lowest BCUT2D eigenvalue weighted by molar-refractivity contribution is 0.0996. The first kappa shape index (κ1) is 10.5. The van der Waals surface area contributed by atoms with E-state index < -0.39 is 23.1 Å². The zero-order valence-electron chi connectivity index (χ0n) is 7.54. The molecule has 76 valence electrons. The number of hydrogen-bond acceptors (Lipinski definition) is 4. The van der Waals surface area contributed by atoms with Crippen molar-refractivity contribution in [1.82, 2.24) is 0 Å². The molecule has 0 aliphatic rings. The van der Waals surface area contributed by atoms with Gasteiger partial charge in [-0.25, -0.2) is 4.39 Å². The van der Waals surface area contributed by atoms with Crippen LogP contribution in [-0.2, 0) is 0 Å². The number of rotatable bonds is 2. The number of ketones is 1. The largest absolute Gasteiger partial charge is 0.504 e. The van der Waals surface area contributed by atoms with Crippen LogP contribution >= 0.6 is 0 Å². The maximum absolute atomic E-state index is 13.2. The van der Waals surface area contributed by atoms with Gasteiger partial charge in [-0.05, 0) is 18.6 Å². The molecule has 0 bridgehead atoms. The molecule has 0 aliphatic heterocycles. The normalized spacial score (nSPS) is 10.2. The van der Waals surface area contributed by atoms with Crippen LogP contribution in [0.15, 0.2) is 6.07 Å². The molecular formula is C9H10FNO3. The summed E-state index contributed by atoms with van der Waals surface area (Å²) in [4.78, 5) is 11.1. The van der Waals surface area contributed by atoms with E-state index in [2.05, 4.69) is 0 Å². The van der Waals surface area contributed by atoms with Crippen LogP contribution in [0.5, 0.6) is 11.5 Å². The van der Waals surface area contributed by atoms with Gasteiger partial charge in [0.1, 0.15) is 0 Å². The van der Waals surface area contributed by atoms with E-state index in [9.17, 15) is 9.18 Å². The summed E-state index contributed by atoms with van der Waals surface area (Å²) >= 11 is 0. The molecule has 4 N–H and O–H groups in total. The summed E-state index contributed by atoms with van der Waals surface area (Å²) < 4.78 is 13.2. The van der Waals surface area contributed by atoms with E-state index in [-0.39, 0.29) is 17.7 Å². The number of phenolic OH excluding ortho intramolecular Hbond substituents is 2. The first-order valence-electron chi connectivity index (χ1n) is 3.93. The number of Topliss-reactive ketones (excluding diaryl/α,β-unsaturated/α-hetero) is 1. The molecule has 0 spiro atoms. The highest BCUT2D eigenvalue weighted by molar-refractivity contribution is 5.98. The van der Waals surface area contributed by atoms with Gasteiger partial charge in [0, 0.05) is 0 Å². The fourth-order valence-corrected chi connectivity index (χ4v) is 1.08. The van der Waals surface area contributed by atoms with Gasteiger partial charge in [-0.15, -0.1) is 0 Å². The van der Waals surface area contributed by atoms with Crippen LogP contribution in [-0.4, -0.2) is 22.5 Å². The first-order valence-corrected chi connectivity index (χ1v) is 3.93. The lowest BCUT2D eigenvalue weighted by Gasteiger charge is -2.07. The Morgan fingerprint density at radius 3 is 2.57 bits per heavy atom. The molecule has 14 heavy (non-hydrogen) atoms. The minimum Gasteiger partial charge on any atom is -0.504 e. The molecule has 0 aromatic heterocycles. The maximum Gasteiger partial charge on any atom is 0.195 e. The third kappa shape index (κ3) is 1.54. The third-order valence-corrected chi connectivity index (χ3v) is 1.89. The second-order valence-corrected chi connectivity index (χ2v) is 2.88. The molecule has 0 fully saturated rings. The summed E-state index contributed by atoms with van der Waals surface area (Å²) in [7, 11) is 0. The molecule has 0 saturated carbocycles. The van der Waals surface area contributed by atoms with Crippen molar-refractivity contribution < 1.29 is 19.4 Å². The van der Waals surface area contributed by atoms with E-state index in [1.165, 1.54) is 6.92 Å². The number of phenols is 2. The maximum atomic E-state index is 13.2. The number of carbonyl (C=O) groups excluding carboxylic acids is 1. The molecule has 0 heterocycles. The monoisotopic (exact) mass is 199 g/mol. The van der Waals surface area contributed by atoms with Gasteiger partial charge >= 0.3 is 0 Å². The number of benzene rings is 1. The molecule has 0 unspecified atom stereocenters. The number of aryl methyl sites for hydroxylation is 1. The highest BCUT2D eigenvalue weighted by Gasteiger charge is 2.18. The van der Waals surface area contributed by atoms with Gasteiger partial charge in [-0.3, -0.25) is 4.79 Å². The van der Waals surface area contributed by atoms with Crippen molar-refractivity contribution in [3.63, 3.8) is 0 Å². The highest BCUT2D eigenvalue weighted by atomic mass is 19.1. The molecule has 5 heteroatoms. The van der Waals surface area contributed by atoms with Gasteiger partial charge < -0.3 is 15.9 Å². The Hall–Kier alpha value is -1.62. The molecule has 0 aliphatic carbocycles. The van der Waals surface area contributed by atoms with Crippen molar-refractivity contribution in [2.45, 2.75) is 6.92 Å². The molecular weight excluding hydrogens is 189 g/mol. The molecule has 1 aromatic carbocycles. The predicted octanol–water partition coefficient (Wildman–Crippen LogP) is 0.687. The van der Waals surface area contributed by atoms with Crippen molar-refractivity contribution >= 4 is 5.78 Å². The second kappa shape index (κ2) is 3.63. The van der Waals surface area contributed by atoms with Crippen molar-refractivity contribution in [2.24, 2.45) is 5.73 Å². The minimum absolute atomic E-state index is 0.223. The van der Waals surface area contributed by atoms with E-state index in [0.717, 1.165) is 6.07 Å². The average molecular weight is 199 g/mol. The summed E-state index contributed by atoms with van der Waals surface area (Å²) in [6.07, 6.45) is 0. The lowest BCUT2D eigenvalue weighted by atomic mass is 10.1. The van der Waals surface area contributed by atoms with Gasteiger partial charge in [0.25, 0.3) is 0 Å². The molecule has 0 radical (unpaired) electrons. The molecule has 1 aromatic rings. The van der Waals surface area contributed by atoms with Gasteiger partial charge in [0.15, 0.2) is 23.1 Å². The van der Waals surface area contributed by atoms with E-state index in [4.69, 9.17) is 15.9 Å². The minimum atomic E-state index is -1.14. The van der Waals surface area contributed by atoms with E-state index in [1.54, 1.807) is 0 Å². The highest BCUT2D eigenvalue weighted by Crippen LogP contribution is 2.33. The fourth-order valence-electron chi connectivity index (χ4n) is 1.08. The third-order valence-electron chi connectivity index (χ3n) is 1.89. The van der Waals surface area contributed by atoms with Crippen LogP contribution in [0, 0.1) is 12.7 Å². The molecule has 0 atom stereocenters. The Kier molecular flexibility index (Phi) is 2.71. The van der Waals surface area contributed by atoms with Crippen molar-refractivity contribution in [2.75, 3.05) is 6.54 Å². The van der Waals surface area contributed by atoms with E-state index in [0.29, 0.717) is 0 Å². The van der Waals surface area contributed by atoms with Crippen LogP contribution in [0.3, 0.4) is 0 Å². The molecule has 0 amide bonds. The summed E-state index contributed by atoms with van der Waals surface area (Å²) in [5.41, 5.74) is 4.97. The van der Waals surface area contributed by atoms with Gasteiger partial charge in [-0.2, -0.15) is 0 Å². The van der Waals surface area contributed by atoms with Crippen molar-refractivity contribution in [3.8, 4) is 11.5 Å². The first-order chi connectivity index (χ1) is 6.49. The van der Waals surface area contributed by atoms with E-state index >= 15 is 0 Å². The number of nitrogens with two attached hydrogens (primary N) is 1. The number of aromatic hydroxyl groups is 2. The number of carbonyl (C=O) groups is 1. The number of halogens is 1. The van der Waals surface area contributed by atoms with Crippen LogP contribution in [0.4, 0.5) is 4.39 Å². The molecule has 0 saturated heterocycles. The SMILES string of the molecule is Cc1cc(C(=O)CN)c(F)c(O)c1O. The zero-order valence-corrected chi connectivity index (χ0v) is 7.54. The Balaban J connectivity index is 3.40. The molecule has 4 nitrogen and oxygen atoms in total. The molecule has 1 rings (SSSR count). The van der Waals surface area contributed by atoms with Crippen molar-refractivity contribution in [3.05, 3.63) is 23.0 Å². The summed E-state index contributed by atoms with van der Waals surface area (Å²) in [5, 5.41) is 18.2. The Morgan fingerprint density at radius 1 is 1.50 bits per heavy atom. The second-order valence-electron chi connectivity index (χ2n) is 2.88. The van der Waals surface area contributed by atoms with Crippen LogP contribution < -0.4 is 5.73 Å². The summed E-state index contributed by atoms with van der Waals surface area (Å²) in [6.45, 7) is 1.10. The standard InChI is InChI=1S/C9H10FNO3/c1-4-2-5(6(12)3-11)7(10)9(14)8(4)13/h2,13-14H,3,11H2,1H3. The quantitative estimate of drug-likeness (QED) is 0.483. The van der Waals surface area contributed by atoms with Crippen LogP contribution in [0.25, 0.3) is 0 Å². The predicted molar refractivity (Wildman–Crippen MR) is 47.9 cm³/mol.